The minimum Gasteiger partial charge on any atom is -0.326 e. The molecule has 0 bridgehead atoms. The molecule has 0 aromatic carbocycles. The SMILES string of the molecule is CC1CCC(N)C(N(C)CCS(C)(=O)=O)C1. The van der Waals surface area contributed by atoms with Crippen LogP contribution in [-0.2, 0) is 9.84 Å². The lowest BCUT2D eigenvalue weighted by atomic mass is 9.83. The third-order valence-corrected chi connectivity index (χ3v) is 4.44. The van der Waals surface area contributed by atoms with Crippen LogP contribution in [0.3, 0.4) is 0 Å². The van der Waals surface area contributed by atoms with Crippen molar-refractivity contribution in [3.05, 3.63) is 0 Å². The van der Waals surface area contributed by atoms with Crippen molar-refractivity contribution in [3.63, 3.8) is 0 Å². The molecule has 1 aliphatic rings. The van der Waals surface area contributed by atoms with Crippen molar-refractivity contribution < 1.29 is 8.42 Å². The molecule has 0 heterocycles. The Kier molecular flexibility index (Phi) is 4.76. The summed E-state index contributed by atoms with van der Waals surface area (Å²) in [7, 11) is -0.891. The van der Waals surface area contributed by atoms with Crippen molar-refractivity contribution in [2.24, 2.45) is 11.7 Å². The van der Waals surface area contributed by atoms with E-state index in [0.717, 1.165) is 12.8 Å². The second kappa shape index (κ2) is 5.47. The van der Waals surface area contributed by atoms with Crippen LogP contribution in [0.1, 0.15) is 26.2 Å². The molecule has 0 aliphatic heterocycles. The maximum atomic E-state index is 11.1. The van der Waals surface area contributed by atoms with Gasteiger partial charge in [0.15, 0.2) is 0 Å². The maximum absolute atomic E-state index is 11.1. The molecule has 1 rings (SSSR count). The van der Waals surface area contributed by atoms with Crippen LogP contribution in [0.5, 0.6) is 0 Å². The second-order valence-electron chi connectivity index (χ2n) is 5.26. The van der Waals surface area contributed by atoms with Gasteiger partial charge in [-0.1, -0.05) is 6.92 Å². The van der Waals surface area contributed by atoms with Gasteiger partial charge >= 0.3 is 0 Å². The van der Waals surface area contributed by atoms with Crippen molar-refractivity contribution in [2.45, 2.75) is 38.3 Å². The molecule has 1 aliphatic carbocycles. The summed E-state index contributed by atoms with van der Waals surface area (Å²) >= 11 is 0. The van der Waals surface area contributed by atoms with Gasteiger partial charge in [-0.3, -0.25) is 0 Å². The van der Waals surface area contributed by atoms with Gasteiger partial charge in [-0.05, 0) is 32.2 Å². The summed E-state index contributed by atoms with van der Waals surface area (Å²) in [6.07, 6.45) is 4.61. The smallest absolute Gasteiger partial charge is 0.148 e. The van der Waals surface area contributed by atoms with Crippen LogP contribution in [0.25, 0.3) is 0 Å². The Balaban J connectivity index is 2.48. The lowest BCUT2D eigenvalue weighted by Crippen LogP contribution is -2.50. The first kappa shape index (κ1) is 13.9. The zero-order valence-electron chi connectivity index (χ0n) is 10.5. The summed E-state index contributed by atoms with van der Waals surface area (Å²) in [5, 5.41) is 0. The summed E-state index contributed by atoms with van der Waals surface area (Å²) in [5.41, 5.74) is 6.09. The Morgan fingerprint density at radius 3 is 2.56 bits per heavy atom. The van der Waals surface area contributed by atoms with Crippen LogP contribution in [0.15, 0.2) is 0 Å². The van der Waals surface area contributed by atoms with Gasteiger partial charge in [-0.2, -0.15) is 0 Å². The molecule has 0 amide bonds. The Morgan fingerprint density at radius 1 is 1.38 bits per heavy atom. The molecule has 0 aromatic rings. The van der Waals surface area contributed by atoms with Crippen LogP contribution in [0.2, 0.25) is 0 Å². The maximum Gasteiger partial charge on any atom is 0.148 e. The van der Waals surface area contributed by atoms with Crippen LogP contribution in [-0.4, -0.2) is 51.0 Å². The molecule has 0 aromatic heterocycles. The van der Waals surface area contributed by atoms with E-state index in [4.69, 9.17) is 5.73 Å². The first-order chi connectivity index (χ1) is 7.29. The summed E-state index contributed by atoms with van der Waals surface area (Å²) in [5.74, 6) is 0.923. The highest BCUT2D eigenvalue weighted by molar-refractivity contribution is 7.90. The fourth-order valence-corrected chi connectivity index (χ4v) is 2.98. The third-order valence-electron chi connectivity index (χ3n) is 3.51. The van der Waals surface area contributed by atoms with E-state index in [1.54, 1.807) is 0 Å². The van der Waals surface area contributed by atoms with Gasteiger partial charge in [0.2, 0.25) is 0 Å². The highest BCUT2D eigenvalue weighted by Gasteiger charge is 2.28. The van der Waals surface area contributed by atoms with Crippen molar-refractivity contribution in [1.29, 1.82) is 0 Å². The van der Waals surface area contributed by atoms with E-state index >= 15 is 0 Å². The van der Waals surface area contributed by atoms with Crippen LogP contribution in [0, 0.1) is 5.92 Å². The van der Waals surface area contributed by atoms with Gasteiger partial charge < -0.3 is 10.6 Å². The lowest BCUT2D eigenvalue weighted by Gasteiger charge is -2.38. The van der Waals surface area contributed by atoms with E-state index in [0.29, 0.717) is 18.5 Å². The average Bonchev–Trinajstić information content (AvgIpc) is 2.17. The number of nitrogens with two attached hydrogens (primary N) is 1. The zero-order valence-corrected chi connectivity index (χ0v) is 11.3. The Bertz CT molecular complexity index is 316. The van der Waals surface area contributed by atoms with Crippen molar-refractivity contribution in [2.75, 3.05) is 25.6 Å². The zero-order chi connectivity index (χ0) is 12.3. The van der Waals surface area contributed by atoms with Crippen molar-refractivity contribution in [3.8, 4) is 0 Å². The van der Waals surface area contributed by atoms with Crippen LogP contribution < -0.4 is 5.73 Å². The summed E-state index contributed by atoms with van der Waals surface area (Å²) in [4.78, 5) is 2.11. The molecule has 3 atom stereocenters. The van der Waals surface area contributed by atoms with Crippen molar-refractivity contribution >= 4 is 9.84 Å². The molecule has 5 heteroatoms. The van der Waals surface area contributed by atoms with Gasteiger partial charge in [0, 0.05) is 24.9 Å². The molecule has 0 saturated heterocycles. The normalized spacial score (nSPS) is 31.9. The first-order valence-corrected chi connectivity index (χ1v) is 7.99. The number of sulfone groups is 1. The number of likely N-dealkylation sites (N-methyl/N-ethyl adjacent to an activating group) is 1. The van der Waals surface area contributed by atoms with Gasteiger partial charge in [0.1, 0.15) is 9.84 Å². The van der Waals surface area contributed by atoms with Gasteiger partial charge in [-0.15, -0.1) is 0 Å². The van der Waals surface area contributed by atoms with E-state index in [1.165, 1.54) is 12.7 Å². The number of hydrogen-bond acceptors (Lipinski definition) is 4. The summed E-state index contributed by atoms with van der Waals surface area (Å²) in [6, 6.07) is 0.534. The van der Waals surface area contributed by atoms with Gasteiger partial charge in [-0.25, -0.2) is 8.42 Å². The molecule has 2 N–H and O–H groups in total. The largest absolute Gasteiger partial charge is 0.326 e. The molecule has 0 spiro atoms. The number of nitrogens with zero attached hydrogens (tertiary/aromatic N) is 1. The molecule has 1 saturated carbocycles. The molecule has 0 radical (unpaired) electrons. The third kappa shape index (κ3) is 4.39. The van der Waals surface area contributed by atoms with E-state index in [2.05, 4.69) is 11.8 Å². The summed E-state index contributed by atoms with van der Waals surface area (Å²) in [6.45, 7) is 2.83. The summed E-state index contributed by atoms with van der Waals surface area (Å²) < 4.78 is 22.2. The highest BCUT2D eigenvalue weighted by Crippen LogP contribution is 2.25. The fourth-order valence-electron chi connectivity index (χ4n) is 2.36. The number of rotatable bonds is 4. The molecule has 3 unspecified atom stereocenters. The van der Waals surface area contributed by atoms with Gasteiger partial charge in [0.25, 0.3) is 0 Å². The van der Waals surface area contributed by atoms with Crippen LogP contribution in [0.4, 0.5) is 0 Å². The van der Waals surface area contributed by atoms with E-state index in [9.17, 15) is 8.42 Å². The fraction of sp³-hybridized carbons (Fsp3) is 1.00. The van der Waals surface area contributed by atoms with E-state index < -0.39 is 9.84 Å². The second-order valence-corrected chi connectivity index (χ2v) is 7.52. The number of hydrogen-bond donors (Lipinski definition) is 1. The topological polar surface area (TPSA) is 63.4 Å². The standard InChI is InChI=1S/C11H24N2O2S/c1-9-4-5-10(12)11(8-9)13(2)6-7-16(3,14)15/h9-11H,4-8,12H2,1-3H3. The van der Waals surface area contributed by atoms with E-state index in [1.807, 2.05) is 7.05 Å². The quantitative estimate of drug-likeness (QED) is 0.786. The Morgan fingerprint density at radius 2 is 2.00 bits per heavy atom. The average molecular weight is 248 g/mol. The van der Waals surface area contributed by atoms with E-state index in [-0.39, 0.29) is 11.8 Å². The molecule has 16 heavy (non-hydrogen) atoms. The van der Waals surface area contributed by atoms with Crippen LogP contribution >= 0.6 is 0 Å². The predicted octanol–water partition coefficient (Wildman–Crippen LogP) is 0.479. The monoisotopic (exact) mass is 248 g/mol. The Hall–Kier alpha value is -0.130. The Labute approximate surface area is 99.1 Å². The first-order valence-electron chi connectivity index (χ1n) is 5.93. The molecule has 4 nitrogen and oxygen atoms in total. The molecule has 1 fully saturated rings. The van der Waals surface area contributed by atoms with Crippen molar-refractivity contribution in [1.82, 2.24) is 4.90 Å². The minimum atomic E-state index is -2.87. The predicted molar refractivity (Wildman–Crippen MR) is 67.1 cm³/mol. The highest BCUT2D eigenvalue weighted by atomic mass is 32.2. The van der Waals surface area contributed by atoms with Gasteiger partial charge in [0.05, 0.1) is 5.75 Å². The lowest BCUT2D eigenvalue weighted by molar-refractivity contribution is 0.149. The molecule has 96 valence electrons. The molecular weight excluding hydrogens is 224 g/mol. The molecular formula is C11H24N2O2S. The minimum absolute atomic E-state index is 0.195.